The van der Waals surface area contributed by atoms with Crippen LogP contribution in [0, 0.1) is 0 Å². The summed E-state index contributed by atoms with van der Waals surface area (Å²) in [6, 6.07) is 18.6. The van der Waals surface area contributed by atoms with Gasteiger partial charge in [0.25, 0.3) is 5.91 Å². The first kappa shape index (κ1) is 18.3. The first-order chi connectivity index (χ1) is 13.1. The van der Waals surface area contributed by atoms with Crippen LogP contribution in [-0.2, 0) is 6.42 Å². The number of ketones is 1. The number of hydrogen-bond donors (Lipinski definition) is 2. The number of carbonyl (C=O) groups excluding carboxylic acids is 2. The van der Waals surface area contributed by atoms with Crippen LogP contribution in [0.1, 0.15) is 33.3 Å². The molecule has 0 aliphatic carbocycles. The molecule has 1 aromatic heterocycles. The van der Waals surface area contributed by atoms with E-state index in [2.05, 4.69) is 20.6 Å². The summed E-state index contributed by atoms with van der Waals surface area (Å²) in [5.41, 5.74) is 2.72. The fourth-order valence-electron chi connectivity index (χ4n) is 2.55. The van der Waals surface area contributed by atoms with E-state index in [1.165, 1.54) is 13.1 Å². The molecule has 2 aromatic carbocycles. The van der Waals surface area contributed by atoms with E-state index in [1.807, 2.05) is 36.4 Å². The molecule has 0 spiro atoms. The highest BCUT2D eigenvalue weighted by molar-refractivity contribution is 5.95. The topological polar surface area (TPSA) is 84.0 Å². The van der Waals surface area contributed by atoms with Crippen molar-refractivity contribution in [2.45, 2.75) is 13.3 Å². The summed E-state index contributed by atoms with van der Waals surface area (Å²) >= 11 is 0. The van der Waals surface area contributed by atoms with Crippen LogP contribution >= 0.6 is 0 Å². The molecule has 1 amide bonds. The van der Waals surface area contributed by atoms with Gasteiger partial charge in [0.05, 0.1) is 0 Å². The Morgan fingerprint density at radius 1 is 1.00 bits per heavy atom. The lowest BCUT2D eigenvalue weighted by molar-refractivity contribution is 0.0948. The standard InChI is InChI=1S/C21H20N4O2/c1-15(26)17-8-5-9-18(14-17)24-21-23-13-11-19(25-21)20(27)22-12-10-16-6-3-2-4-7-16/h2-9,11,13-14H,10,12H2,1H3,(H,22,27)(H,23,24,25). The normalized spacial score (nSPS) is 10.3. The zero-order valence-corrected chi connectivity index (χ0v) is 15.0. The Labute approximate surface area is 157 Å². The average molecular weight is 360 g/mol. The number of carbonyl (C=O) groups is 2. The fraction of sp³-hybridized carbons (Fsp3) is 0.143. The molecule has 27 heavy (non-hydrogen) atoms. The number of amides is 1. The molecule has 6 nitrogen and oxygen atoms in total. The van der Waals surface area contributed by atoms with Crippen LogP contribution in [0.2, 0.25) is 0 Å². The van der Waals surface area contributed by atoms with Crippen LogP contribution in [0.3, 0.4) is 0 Å². The SMILES string of the molecule is CC(=O)c1cccc(Nc2nccc(C(=O)NCCc3ccccc3)n2)c1. The van der Waals surface area contributed by atoms with Gasteiger partial charge in [-0.05, 0) is 37.1 Å². The van der Waals surface area contributed by atoms with Gasteiger partial charge in [-0.2, -0.15) is 0 Å². The van der Waals surface area contributed by atoms with Gasteiger partial charge in [-0.25, -0.2) is 9.97 Å². The van der Waals surface area contributed by atoms with Gasteiger partial charge in [0.1, 0.15) is 5.69 Å². The van der Waals surface area contributed by atoms with E-state index < -0.39 is 0 Å². The minimum atomic E-state index is -0.256. The molecule has 0 saturated carbocycles. The van der Waals surface area contributed by atoms with Gasteiger partial charge in [-0.1, -0.05) is 42.5 Å². The van der Waals surface area contributed by atoms with Gasteiger partial charge in [0, 0.05) is 24.0 Å². The van der Waals surface area contributed by atoms with Crippen molar-refractivity contribution in [1.29, 1.82) is 0 Å². The predicted octanol–water partition coefficient (Wildman–Crippen LogP) is 3.40. The van der Waals surface area contributed by atoms with Crippen molar-refractivity contribution in [2.75, 3.05) is 11.9 Å². The van der Waals surface area contributed by atoms with Crippen LogP contribution in [0.25, 0.3) is 0 Å². The molecule has 0 fully saturated rings. The molecule has 0 atom stereocenters. The lowest BCUT2D eigenvalue weighted by Crippen LogP contribution is -2.26. The third-order valence-corrected chi connectivity index (χ3v) is 3.96. The monoisotopic (exact) mass is 360 g/mol. The summed E-state index contributed by atoms with van der Waals surface area (Å²) in [6.07, 6.45) is 2.27. The fourth-order valence-corrected chi connectivity index (χ4v) is 2.55. The molecule has 0 bridgehead atoms. The highest BCUT2D eigenvalue weighted by atomic mass is 16.1. The van der Waals surface area contributed by atoms with E-state index in [0.29, 0.717) is 23.7 Å². The van der Waals surface area contributed by atoms with E-state index in [1.54, 1.807) is 24.3 Å². The van der Waals surface area contributed by atoms with Crippen LogP contribution in [0.15, 0.2) is 66.9 Å². The largest absolute Gasteiger partial charge is 0.350 e. The number of anilines is 2. The van der Waals surface area contributed by atoms with E-state index in [4.69, 9.17) is 0 Å². The van der Waals surface area contributed by atoms with Crippen molar-refractivity contribution in [3.8, 4) is 0 Å². The van der Waals surface area contributed by atoms with Gasteiger partial charge >= 0.3 is 0 Å². The zero-order chi connectivity index (χ0) is 19.1. The van der Waals surface area contributed by atoms with Gasteiger partial charge in [0.15, 0.2) is 5.78 Å². The molecule has 0 aliphatic heterocycles. The van der Waals surface area contributed by atoms with Crippen molar-refractivity contribution in [2.24, 2.45) is 0 Å². The van der Waals surface area contributed by atoms with Crippen molar-refractivity contribution in [3.63, 3.8) is 0 Å². The summed E-state index contributed by atoms with van der Waals surface area (Å²) < 4.78 is 0. The predicted molar refractivity (Wildman–Crippen MR) is 104 cm³/mol. The first-order valence-corrected chi connectivity index (χ1v) is 8.65. The Morgan fingerprint density at radius 2 is 1.81 bits per heavy atom. The Hall–Kier alpha value is -3.54. The highest BCUT2D eigenvalue weighted by Gasteiger charge is 2.09. The van der Waals surface area contributed by atoms with Crippen molar-refractivity contribution in [1.82, 2.24) is 15.3 Å². The number of Topliss-reactive ketones (excluding diaryl/α,β-unsaturated/α-hetero) is 1. The van der Waals surface area contributed by atoms with Crippen molar-refractivity contribution < 1.29 is 9.59 Å². The molecule has 2 N–H and O–H groups in total. The Kier molecular flexibility index (Phi) is 5.89. The molecule has 136 valence electrons. The summed E-state index contributed by atoms with van der Waals surface area (Å²) in [5, 5.41) is 5.88. The maximum Gasteiger partial charge on any atom is 0.270 e. The first-order valence-electron chi connectivity index (χ1n) is 8.65. The molecular formula is C21H20N4O2. The molecule has 0 aliphatic rings. The second kappa shape index (κ2) is 8.71. The smallest absolute Gasteiger partial charge is 0.270 e. The van der Waals surface area contributed by atoms with Gasteiger partial charge in [-0.15, -0.1) is 0 Å². The third-order valence-electron chi connectivity index (χ3n) is 3.96. The Balaban J connectivity index is 1.62. The molecule has 3 aromatic rings. The molecule has 3 rings (SSSR count). The summed E-state index contributed by atoms with van der Waals surface area (Å²) in [7, 11) is 0. The summed E-state index contributed by atoms with van der Waals surface area (Å²) in [6.45, 7) is 2.03. The lowest BCUT2D eigenvalue weighted by atomic mass is 10.1. The Bertz CT molecular complexity index is 942. The lowest BCUT2D eigenvalue weighted by Gasteiger charge is -2.08. The molecule has 0 saturated heterocycles. The van der Waals surface area contributed by atoms with Gasteiger partial charge in [-0.3, -0.25) is 9.59 Å². The second-order valence-corrected chi connectivity index (χ2v) is 6.02. The van der Waals surface area contributed by atoms with Crippen molar-refractivity contribution >= 4 is 23.3 Å². The van der Waals surface area contributed by atoms with Crippen LogP contribution < -0.4 is 10.6 Å². The van der Waals surface area contributed by atoms with E-state index in [-0.39, 0.29) is 17.4 Å². The number of benzene rings is 2. The minimum absolute atomic E-state index is 0.0221. The number of nitrogens with zero attached hydrogens (tertiary/aromatic N) is 2. The average Bonchev–Trinajstić information content (AvgIpc) is 2.69. The van der Waals surface area contributed by atoms with Crippen LogP contribution in [-0.4, -0.2) is 28.2 Å². The number of aromatic nitrogens is 2. The second-order valence-electron chi connectivity index (χ2n) is 6.02. The van der Waals surface area contributed by atoms with Crippen LogP contribution in [0.5, 0.6) is 0 Å². The maximum atomic E-state index is 12.3. The number of nitrogens with one attached hydrogen (secondary N) is 2. The third kappa shape index (κ3) is 5.22. The highest BCUT2D eigenvalue weighted by Crippen LogP contribution is 2.15. The molecule has 0 radical (unpaired) electrons. The zero-order valence-electron chi connectivity index (χ0n) is 15.0. The minimum Gasteiger partial charge on any atom is -0.350 e. The van der Waals surface area contributed by atoms with Crippen LogP contribution in [0.4, 0.5) is 11.6 Å². The maximum absolute atomic E-state index is 12.3. The Morgan fingerprint density at radius 3 is 2.59 bits per heavy atom. The quantitative estimate of drug-likeness (QED) is 0.631. The van der Waals surface area contributed by atoms with E-state index >= 15 is 0 Å². The van der Waals surface area contributed by atoms with E-state index in [0.717, 1.165) is 12.0 Å². The van der Waals surface area contributed by atoms with Crippen molar-refractivity contribution in [3.05, 3.63) is 83.7 Å². The molecule has 0 unspecified atom stereocenters. The number of rotatable bonds is 7. The molecule has 6 heteroatoms. The van der Waals surface area contributed by atoms with Gasteiger partial charge < -0.3 is 10.6 Å². The summed E-state index contributed by atoms with van der Waals surface area (Å²) in [4.78, 5) is 32.2. The molecule has 1 heterocycles. The van der Waals surface area contributed by atoms with E-state index in [9.17, 15) is 9.59 Å². The summed E-state index contributed by atoms with van der Waals surface area (Å²) in [5.74, 6) is 0.0198. The van der Waals surface area contributed by atoms with Gasteiger partial charge in [0.2, 0.25) is 5.95 Å². The number of hydrogen-bond acceptors (Lipinski definition) is 5. The molecular weight excluding hydrogens is 340 g/mol.